The Labute approximate surface area is 139 Å². The average molecular weight is 338 g/mol. The smallest absolute Gasteiger partial charge is 0.239 e. The highest BCUT2D eigenvalue weighted by Gasteiger charge is 2.16. The van der Waals surface area contributed by atoms with Crippen LogP contribution in [-0.4, -0.2) is 43.8 Å². The molecule has 23 heavy (non-hydrogen) atoms. The lowest BCUT2D eigenvalue weighted by Gasteiger charge is -2.26. The third-order valence-electron chi connectivity index (χ3n) is 3.93. The van der Waals surface area contributed by atoms with Gasteiger partial charge in [0.1, 0.15) is 5.75 Å². The quantitative estimate of drug-likeness (QED) is 0.829. The minimum Gasteiger partial charge on any atom is -0.325 e. The second kappa shape index (κ2) is 8.45. The van der Waals surface area contributed by atoms with E-state index >= 15 is 0 Å². The van der Waals surface area contributed by atoms with Crippen LogP contribution in [0.2, 0.25) is 0 Å². The molecule has 1 aromatic rings. The maximum atomic E-state index is 11.9. The molecule has 0 atom stereocenters. The summed E-state index contributed by atoms with van der Waals surface area (Å²) in [7, 11) is -3.30. The van der Waals surface area contributed by atoms with E-state index in [9.17, 15) is 13.2 Å². The van der Waals surface area contributed by atoms with Crippen LogP contribution in [0.3, 0.4) is 0 Å². The normalized spacial score (nSPS) is 16.2. The van der Waals surface area contributed by atoms with Gasteiger partial charge in [0.2, 0.25) is 5.91 Å². The van der Waals surface area contributed by atoms with Gasteiger partial charge in [0.05, 0.1) is 5.75 Å². The molecule has 5 nitrogen and oxygen atoms in total. The van der Waals surface area contributed by atoms with E-state index < -0.39 is 21.5 Å². The monoisotopic (exact) mass is 338 g/mol. The average Bonchev–Trinajstić information content (AvgIpc) is 2.47. The molecular formula is C17H26N2O3S. The van der Waals surface area contributed by atoms with Crippen molar-refractivity contribution in [2.45, 2.75) is 39.2 Å². The van der Waals surface area contributed by atoms with E-state index in [1.807, 2.05) is 18.2 Å². The maximum absolute atomic E-state index is 11.9. The predicted octanol–water partition coefficient (Wildman–Crippen LogP) is 2.44. The standard InChI is InChI=1S/C17H26N2O3S/c1-2-11-23(21,22)14-17(20)18-16-8-6-7-15(12-16)13-19-9-4-3-5-10-19/h6-8,12H,2-5,9-11,13-14H2,1H3,(H,18,20). The number of carbonyl (C=O) groups is 1. The van der Waals surface area contributed by atoms with Crippen molar-refractivity contribution in [2.75, 3.05) is 29.9 Å². The molecule has 0 aromatic heterocycles. The fourth-order valence-electron chi connectivity index (χ4n) is 2.90. The van der Waals surface area contributed by atoms with Gasteiger partial charge in [0, 0.05) is 12.2 Å². The molecule has 0 radical (unpaired) electrons. The summed E-state index contributed by atoms with van der Waals surface area (Å²) in [5.74, 6) is -0.861. The number of carbonyl (C=O) groups excluding carboxylic acids is 1. The van der Waals surface area contributed by atoms with Gasteiger partial charge < -0.3 is 5.32 Å². The van der Waals surface area contributed by atoms with Crippen molar-refractivity contribution in [1.29, 1.82) is 0 Å². The summed E-state index contributed by atoms with van der Waals surface area (Å²) in [4.78, 5) is 14.3. The SMILES string of the molecule is CCCS(=O)(=O)CC(=O)Nc1cccc(CN2CCCCC2)c1. The summed E-state index contributed by atoms with van der Waals surface area (Å²) in [6.07, 6.45) is 4.32. The van der Waals surface area contributed by atoms with E-state index in [1.54, 1.807) is 13.0 Å². The summed E-state index contributed by atoms with van der Waals surface area (Å²) < 4.78 is 23.4. The Morgan fingerprint density at radius 1 is 1.22 bits per heavy atom. The zero-order valence-corrected chi connectivity index (χ0v) is 14.6. The van der Waals surface area contributed by atoms with Crippen LogP contribution >= 0.6 is 0 Å². The number of nitrogens with zero attached hydrogens (tertiary/aromatic N) is 1. The molecule has 0 spiro atoms. The van der Waals surface area contributed by atoms with Crippen molar-refractivity contribution in [3.63, 3.8) is 0 Å². The van der Waals surface area contributed by atoms with Gasteiger partial charge in [-0.15, -0.1) is 0 Å². The van der Waals surface area contributed by atoms with Crippen LogP contribution in [0.15, 0.2) is 24.3 Å². The van der Waals surface area contributed by atoms with Crippen LogP contribution in [0.1, 0.15) is 38.2 Å². The number of sulfone groups is 1. The molecule has 1 fully saturated rings. The number of nitrogens with one attached hydrogen (secondary N) is 1. The molecule has 128 valence electrons. The summed E-state index contributed by atoms with van der Waals surface area (Å²) in [5.41, 5.74) is 1.80. The van der Waals surface area contributed by atoms with Crippen LogP contribution in [0.25, 0.3) is 0 Å². The van der Waals surface area contributed by atoms with Crippen molar-refractivity contribution < 1.29 is 13.2 Å². The molecule has 0 aliphatic carbocycles. The predicted molar refractivity (Wildman–Crippen MR) is 93.1 cm³/mol. The van der Waals surface area contributed by atoms with E-state index in [-0.39, 0.29) is 5.75 Å². The van der Waals surface area contributed by atoms with E-state index in [0.29, 0.717) is 12.1 Å². The first kappa shape index (κ1) is 17.9. The zero-order valence-electron chi connectivity index (χ0n) is 13.8. The number of hydrogen-bond acceptors (Lipinski definition) is 4. The summed E-state index contributed by atoms with van der Waals surface area (Å²) in [6.45, 7) is 4.90. The molecule has 6 heteroatoms. The largest absolute Gasteiger partial charge is 0.325 e. The van der Waals surface area contributed by atoms with Crippen molar-refractivity contribution in [1.82, 2.24) is 4.90 Å². The lowest BCUT2D eigenvalue weighted by Crippen LogP contribution is -2.29. The molecular weight excluding hydrogens is 312 g/mol. The molecule has 0 bridgehead atoms. The molecule has 1 N–H and O–H groups in total. The molecule has 0 saturated carbocycles. The second-order valence-electron chi connectivity index (χ2n) is 6.18. The van der Waals surface area contributed by atoms with Crippen LogP contribution in [0.5, 0.6) is 0 Å². The molecule has 1 saturated heterocycles. The van der Waals surface area contributed by atoms with Gasteiger partial charge in [-0.1, -0.05) is 25.5 Å². The first-order valence-electron chi connectivity index (χ1n) is 8.30. The lowest BCUT2D eigenvalue weighted by atomic mass is 10.1. The number of rotatable bonds is 7. The molecule has 1 heterocycles. The Kier molecular flexibility index (Phi) is 6.59. The topological polar surface area (TPSA) is 66.5 Å². The minimum absolute atomic E-state index is 0.0510. The summed E-state index contributed by atoms with van der Waals surface area (Å²) in [5, 5.41) is 2.70. The molecule has 1 aromatic carbocycles. The van der Waals surface area contributed by atoms with E-state index in [2.05, 4.69) is 10.2 Å². The second-order valence-corrected chi connectivity index (χ2v) is 8.36. The molecule has 1 amide bonds. The fourth-order valence-corrected chi connectivity index (χ4v) is 4.14. The Balaban J connectivity index is 1.92. The Morgan fingerprint density at radius 2 is 1.96 bits per heavy atom. The highest BCUT2D eigenvalue weighted by atomic mass is 32.2. The Morgan fingerprint density at radius 3 is 2.65 bits per heavy atom. The molecule has 0 unspecified atom stereocenters. The summed E-state index contributed by atoms with van der Waals surface area (Å²) >= 11 is 0. The van der Waals surface area contributed by atoms with Gasteiger partial charge in [-0.2, -0.15) is 0 Å². The third kappa shape index (κ3) is 6.31. The molecule has 2 rings (SSSR count). The van der Waals surface area contributed by atoms with E-state index in [0.717, 1.165) is 25.2 Å². The van der Waals surface area contributed by atoms with E-state index in [4.69, 9.17) is 0 Å². The van der Waals surface area contributed by atoms with Crippen LogP contribution in [0.4, 0.5) is 5.69 Å². The number of hydrogen-bond donors (Lipinski definition) is 1. The highest BCUT2D eigenvalue weighted by Crippen LogP contribution is 2.16. The summed E-state index contributed by atoms with van der Waals surface area (Å²) in [6, 6.07) is 7.66. The minimum atomic E-state index is -3.30. The van der Waals surface area contributed by atoms with Crippen LogP contribution in [-0.2, 0) is 21.2 Å². The van der Waals surface area contributed by atoms with Crippen LogP contribution < -0.4 is 5.32 Å². The van der Waals surface area contributed by atoms with Gasteiger partial charge in [-0.25, -0.2) is 8.42 Å². The third-order valence-corrected chi connectivity index (χ3v) is 5.66. The van der Waals surface area contributed by atoms with Gasteiger partial charge in [0.25, 0.3) is 0 Å². The Bertz CT molecular complexity index is 622. The number of likely N-dealkylation sites (tertiary alicyclic amines) is 1. The molecule has 1 aliphatic rings. The van der Waals surface area contributed by atoms with E-state index in [1.165, 1.54) is 19.3 Å². The maximum Gasteiger partial charge on any atom is 0.239 e. The van der Waals surface area contributed by atoms with Gasteiger partial charge in [0.15, 0.2) is 9.84 Å². The number of benzene rings is 1. The van der Waals surface area contributed by atoms with Crippen molar-refractivity contribution >= 4 is 21.4 Å². The lowest BCUT2D eigenvalue weighted by molar-refractivity contribution is -0.113. The number of piperidine rings is 1. The molecule has 1 aliphatic heterocycles. The highest BCUT2D eigenvalue weighted by molar-refractivity contribution is 7.92. The van der Waals surface area contributed by atoms with Gasteiger partial charge in [-0.3, -0.25) is 9.69 Å². The fraction of sp³-hybridized carbons (Fsp3) is 0.588. The van der Waals surface area contributed by atoms with Crippen LogP contribution in [0, 0.1) is 0 Å². The van der Waals surface area contributed by atoms with Crippen molar-refractivity contribution in [2.24, 2.45) is 0 Å². The van der Waals surface area contributed by atoms with Gasteiger partial charge in [-0.05, 0) is 50.0 Å². The number of amides is 1. The number of anilines is 1. The first-order chi connectivity index (χ1) is 11.0. The van der Waals surface area contributed by atoms with Crippen molar-refractivity contribution in [3.05, 3.63) is 29.8 Å². The Hall–Kier alpha value is -1.40. The van der Waals surface area contributed by atoms with Crippen molar-refractivity contribution in [3.8, 4) is 0 Å². The first-order valence-corrected chi connectivity index (χ1v) is 10.1. The zero-order chi connectivity index (χ0) is 16.7. The van der Waals surface area contributed by atoms with Gasteiger partial charge >= 0.3 is 0 Å².